The van der Waals surface area contributed by atoms with Crippen LogP contribution in [0.1, 0.15) is 58.8 Å². The Morgan fingerprint density at radius 1 is 1.23 bits per heavy atom. The third-order valence-corrected chi connectivity index (χ3v) is 8.45. The number of rotatable bonds is 2. The molecule has 0 heterocycles. The Morgan fingerprint density at radius 3 is 2.65 bits per heavy atom. The highest BCUT2D eigenvalue weighted by atomic mass is 16.3. The molecule has 3 saturated carbocycles. The van der Waals surface area contributed by atoms with Gasteiger partial charge in [-0.05, 0) is 55.4 Å². The van der Waals surface area contributed by atoms with Gasteiger partial charge in [-0.15, -0.1) is 0 Å². The number of nitrogens with two attached hydrogens (primary N) is 1. The van der Waals surface area contributed by atoms with E-state index in [0.717, 1.165) is 31.3 Å². The Kier molecular flexibility index (Phi) is 3.88. The van der Waals surface area contributed by atoms with Crippen LogP contribution in [-0.2, 0) is 14.4 Å². The quantitative estimate of drug-likeness (QED) is 0.785. The van der Waals surface area contributed by atoms with Gasteiger partial charge >= 0.3 is 0 Å². The highest BCUT2D eigenvalue weighted by Crippen LogP contribution is 2.66. The lowest BCUT2D eigenvalue weighted by Crippen LogP contribution is -2.61. The lowest BCUT2D eigenvalue weighted by atomic mass is 9.46. The van der Waals surface area contributed by atoms with E-state index in [9.17, 15) is 19.5 Å². The van der Waals surface area contributed by atoms with Gasteiger partial charge in [0.15, 0.2) is 11.6 Å². The predicted octanol–water partition coefficient (Wildman–Crippen LogP) is 1.96. The van der Waals surface area contributed by atoms with Crippen molar-refractivity contribution in [2.75, 3.05) is 6.54 Å². The van der Waals surface area contributed by atoms with Crippen molar-refractivity contribution in [2.45, 2.75) is 64.4 Å². The summed E-state index contributed by atoms with van der Waals surface area (Å²) in [5.41, 5.74) is 4.27. The molecule has 0 aliphatic heterocycles. The molecule has 0 aromatic rings. The maximum Gasteiger partial charge on any atom is 0.178 e. The molecule has 0 bridgehead atoms. The molecule has 6 atom stereocenters. The fraction of sp³-hybridized carbons (Fsp3) is 0.762. The van der Waals surface area contributed by atoms with E-state index >= 15 is 0 Å². The molecule has 5 heteroatoms. The first kappa shape index (κ1) is 18.1. The Balaban J connectivity index is 1.75. The number of carbonyl (C=O) groups is 3. The van der Waals surface area contributed by atoms with E-state index in [1.807, 2.05) is 6.92 Å². The van der Waals surface area contributed by atoms with E-state index in [-0.39, 0.29) is 53.5 Å². The average molecular weight is 359 g/mol. The van der Waals surface area contributed by atoms with Crippen LogP contribution in [0.3, 0.4) is 0 Å². The molecule has 26 heavy (non-hydrogen) atoms. The molecule has 3 unspecified atom stereocenters. The van der Waals surface area contributed by atoms with Gasteiger partial charge in [-0.1, -0.05) is 19.4 Å². The van der Waals surface area contributed by atoms with Gasteiger partial charge in [0.25, 0.3) is 0 Å². The van der Waals surface area contributed by atoms with Crippen LogP contribution in [0.5, 0.6) is 0 Å². The summed E-state index contributed by atoms with van der Waals surface area (Å²) in [4.78, 5) is 37.7. The zero-order valence-electron chi connectivity index (χ0n) is 15.7. The van der Waals surface area contributed by atoms with E-state index in [0.29, 0.717) is 12.8 Å². The minimum atomic E-state index is -1.48. The van der Waals surface area contributed by atoms with Crippen molar-refractivity contribution in [1.29, 1.82) is 0 Å². The van der Waals surface area contributed by atoms with Crippen molar-refractivity contribution in [3.8, 4) is 0 Å². The monoisotopic (exact) mass is 359 g/mol. The Hall–Kier alpha value is -1.33. The fourth-order valence-electron chi connectivity index (χ4n) is 7.01. The molecule has 0 spiro atoms. The van der Waals surface area contributed by atoms with Crippen LogP contribution in [0.2, 0.25) is 0 Å². The minimum absolute atomic E-state index is 0.0935. The number of carbonyl (C=O) groups excluding carboxylic acids is 3. The summed E-state index contributed by atoms with van der Waals surface area (Å²) in [7, 11) is 0. The molecule has 3 N–H and O–H groups in total. The van der Waals surface area contributed by atoms with Crippen molar-refractivity contribution < 1.29 is 19.5 Å². The van der Waals surface area contributed by atoms with Crippen molar-refractivity contribution in [1.82, 2.24) is 0 Å². The average Bonchev–Trinajstić information content (AvgIpc) is 2.86. The third-order valence-electron chi connectivity index (χ3n) is 8.45. The number of aliphatic hydroxyl groups is 1. The molecule has 5 nitrogen and oxygen atoms in total. The van der Waals surface area contributed by atoms with Crippen LogP contribution >= 0.6 is 0 Å². The van der Waals surface area contributed by atoms with Crippen LogP contribution in [0, 0.1) is 28.6 Å². The maximum atomic E-state index is 13.4. The Labute approximate surface area is 154 Å². The highest BCUT2D eigenvalue weighted by molar-refractivity contribution is 5.94. The van der Waals surface area contributed by atoms with Crippen LogP contribution in [0.15, 0.2) is 11.6 Å². The van der Waals surface area contributed by atoms with E-state index < -0.39 is 11.0 Å². The van der Waals surface area contributed by atoms with Crippen LogP contribution in [0.25, 0.3) is 0 Å². The molecule has 4 aliphatic rings. The van der Waals surface area contributed by atoms with E-state index in [4.69, 9.17) is 5.73 Å². The number of fused-ring (bicyclic) bond motifs is 5. The second-order valence-electron chi connectivity index (χ2n) is 9.43. The Morgan fingerprint density at radius 2 is 1.96 bits per heavy atom. The van der Waals surface area contributed by atoms with Gasteiger partial charge in [-0.25, -0.2) is 0 Å². The zero-order valence-corrected chi connectivity index (χ0v) is 15.7. The van der Waals surface area contributed by atoms with Gasteiger partial charge in [0.1, 0.15) is 11.4 Å². The van der Waals surface area contributed by atoms with Crippen molar-refractivity contribution in [3.63, 3.8) is 0 Å². The van der Waals surface area contributed by atoms with E-state index in [1.54, 1.807) is 6.08 Å². The number of allylic oxidation sites excluding steroid dienone is 1. The molecule has 0 aromatic heterocycles. The molecular formula is C21H29NO4. The van der Waals surface area contributed by atoms with Gasteiger partial charge < -0.3 is 10.8 Å². The number of hydrogen-bond acceptors (Lipinski definition) is 5. The SMILES string of the molecule is CC12CCC(=O)C=C1CCC1[C@@H]2C(=O)CC2(C)[C@H]1CC[C@]2(O)C(=O)CN. The van der Waals surface area contributed by atoms with Gasteiger partial charge in [0.05, 0.1) is 6.54 Å². The molecular weight excluding hydrogens is 330 g/mol. The molecule has 0 amide bonds. The lowest BCUT2D eigenvalue weighted by molar-refractivity contribution is -0.168. The second-order valence-corrected chi connectivity index (χ2v) is 9.43. The first-order valence-electron chi connectivity index (χ1n) is 9.90. The molecule has 0 saturated heterocycles. The number of hydrogen-bond donors (Lipinski definition) is 2. The summed E-state index contributed by atoms with van der Waals surface area (Å²) in [5.74, 6) is 0.232. The Bertz CT molecular complexity index is 728. The zero-order chi connectivity index (χ0) is 18.9. The fourth-order valence-corrected chi connectivity index (χ4v) is 7.01. The molecule has 142 valence electrons. The normalized spacial score (nSPS) is 47.7. The first-order valence-corrected chi connectivity index (χ1v) is 9.90. The predicted molar refractivity (Wildman–Crippen MR) is 96.1 cm³/mol. The number of Topliss-reactive ketones (excluding diaryl/α,β-unsaturated/α-hetero) is 2. The lowest BCUT2D eigenvalue weighted by Gasteiger charge is -2.57. The van der Waals surface area contributed by atoms with Crippen molar-refractivity contribution in [3.05, 3.63) is 11.6 Å². The van der Waals surface area contributed by atoms with Crippen LogP contribution in [-0.4, -0.2) is 34.6 Å². The first-order chi connectivity index (χ1) is 12.2. The summed E-state index contributed by atoms with van der Waals surface area (Å²) >= 11 is 0. The van der Waals surface area contributed by atoms with E-state index in [2.05, 4.69) is 6.92 Å². The summed E-state index contributed by atoms with van der Waals surface area (Å²) in [6.45, 7) is 3.88. The topological polar surface area (TPSA) is 97.5 Å². The van der Waals surface area contributed by atoms with Gasteiger partial charge in [0, 0.05) is 24.2 Å². The third kappa shape index (κ3) is 2.07. The van der Waals surface area contributed by atoms with Crippen LogP contribution in [0.4, 0.5) is 0 Å². The number of ketones is 3. The smallest absolute Gasteiger partial charge is 0.178 e. The summed E-state index contributed by atoms with van der Waals surface area (Å²) in [5, 5.41) is 11.2. The summed E-state index contributed by atoms with van der Waals surface area (Å²) < 4.78 is 0. The largest absolute Gasteiger partial charge is 0.381 e. The van der Waals surface area contributed by atoms with Gasteiger partial charge in [-0.2, -0.15) is 0 Å². The molecule has 0 aromatic carbocycles. The minimum Gasteiger partial charge on any atom is -0.381 e. The van der Waals surface area contributed by atoms with Crippen LogP contribution < -0.4 is 5.73 Å². The van der Waals surface area contributed by atoms with Gasteiger partial charge in [0.2, 0.25) is 0 Å². The molecule has 4 aliphatic carbocycles. The second kappa shape index (κ2) is 5.59. The van der Waals surface area contributed by atoms with Crippen molar-refractivity contribution in [2.24, 2.45) is 34.3 Å². The summed E-state index contributed by atoms with van der Waals surface area (Å²) in [6, 6.07) is 0. The van der Waals surface area contributed by atoms with Gasteiger partial charge in [-0.3, -0.25) is 14.4 Å². The standard InChI is InChI=1S/C21H29NO4/c1-19-7-5-13(23)9-12(19)3-4-14-15-6-8-21(26,17(25)11-22)20(15,2)10-16(24)18(14)19/h9,14-15,18,26H,3-8,10-11,22H2,1-2H3/t14?,15-,18+,19?,20?,21-/m0/s1. The summed E-state index contributed by atoms with van der Waals surface area (Å²) in [6.07, 6.45) is 6.13. The maximum absolute atomic E-state index is 13.4. The molecule has 0 radical (unpaired) electrons. The molecule has 3 fully saturated rings. The van der Waals surface area contributed by atoms with E-state index in [1.165, 1.54) is 0 Å². The van der Waals surface area contributed by atoms with Crippen molar-refractivity contribution >= 4 is 17.3 Å². The molecule has 4 rings (SSSR count). The highest BCUT2D eigenvalue weighted by Gasteiger charge is 2.68.